The van der Waals surface area contributed by atoms with E-state index in [1.807, 2.05) is 0 Å². The number of nitrogens with two attached hydrogens (primary N) is 1. The molecule has 0 spiro atoms. The van der Waals surface area contributed by atoms with Crippen LogP contribution in [0.3, 0.4) is 0 Å². The van der Waals surface area contributed by atoms with E-state index in [1.54, 1.807) is 0 Å². The molecule has 0 aromatic heterocycles. The van der Waals surface area contributed by atoms with Gasteiger partial charge in [0.05, 0.1) is 0 Å². The van der Waals surface area contributed by atoms with Gasteiger partial charge >= 0.3 is 0 Å². The summed E-state index contributed by atoms with van der Waals surface area (Å²) in [7, 11) is 0. The molecule has 1 heteroatoms. The monoisotopic (exact) mass is 449 g/mol. The van der Waals surface area contributed by atoms with Crippen molar-refractivity contribution in [2.75, 3.05) is 0 Å². The number of rotatable bonds is 26. The van der Waals surface area contributed by atoms with E-state index >= 15 is 0 Å². The molecular formula is C31H63N. The summed E-state index contributed by atoms with van der Waals surface area (Å²) in [5, 5.41) is 0. The smallest absolute Gasteiger partial charge is 0.00388 e. The molecule has 1 nitrogen and oxygen atoms in total. The van der Waals surface area contributed by atoms with Crippen LogP contribution in [0.2, 0.25) is 0 Å². The summed E-state index contributed by atoms with van der Waals surface area (Å²) < 4.78 is 0. The quantitative estimate of drug-likeness (QED) is 0.103. The molecule has 0 saturated heterocycles. The van der Waals surface area contributed by atoms with Gasteiger partial charge in [-0.05, 0) is 44.4 Å². The van der Waals surface area contributed by atoms with Crippen LogP contribution in [0.4, 0.5) is 0 Å². The Kier molecular flexibility index (Phi) is 26.7. The number of hydrogen-bond donors (Lipinski definition) is 1. The van der Waals surface area contributed by atoms with Crippen LogP contribution >= 0.6 is 0 Å². The minimum absolute atomic E-state index is 0.451. The van der Waals surface area contributed by atoms with Gasteiger partial charge in [0.25, 0.3) is 0 Å². The van der Waals surface area contributed by atoms with E-state index in [0.29, 0.717) is 6.04 Å². The molecule has 0 fully saturated rings. The fourth-order valence-corrected chi connectivity index (χ4v) is 4.64. The zero-order valence-electron chi connectivity index (χ0n) is 22.9. The molecule has 1 atom stereocenters. The lowest BCUT2D eigenvalue weighted by Gasteiger charge is -2.11. The minimum atomic E-state index is 0.451. The molecule has 0 bridgehead atoms. The first kappa shape index (κ1) is 31.7. The molecule has 0 aliphatic rings. The second-order valence-corrected chi connectivity index (χ2v) is 10.9. The van der Waals surface area contributed by atoms with Crippen LogP contribution in [0.5, 0.6) is 0 Å². The lowest BCUT2D eigenvalue weighted by molar-refractivity contribution is 0.477. The van der Waals surface area contributed by atoms with Crippen molar-refractivity contribution in [2.24, 2.45) is 11.7 Å². The molecular weight excluding hydrogens is 386 g/mol. The van der Waals surface area contributed by atoms with Crippen LogP contribution in [0.15, 0.2) is 12.2 Å². The second kappa shape index (κ2) is 26.9. The topological polar surface area (TPSA) is 26.0 Å². The van der Waals surface area contributed by atoms with Gasteiger partial charge in [-0.15, -0.1) is 0 Å². The Hall–Kier alpha value is -0.300. The van der Waals surface area contributed by atoms with E-state index in [2.05, 4.69) is 32.9 Å². The summed E-state index contributed by atoms with van der Waals surface area (Å²) in [5.74, 6) is 0.874. The van der Waals surface area contributed by atoms with Gasteiger partial charge < -0.3 is 5.73 Å². The van der Waals surface area contributed by atoms with Crippen molar-refractivity contribution in [3.63, 3.8) is 0 Å². The van der Waals surface area contributed by atoms with E-state index in [1.165, 1.54) is 154 Å². The molecule has 0 heterocycles. The highest BCUT2D eigenvalue weighted by Gasteiger charge is 2.02. The van der Waals surface area contributed by atoms with Crippen molar-refractivity contribution < 1.29 is 0 Å². The average molecular weight is 450 g/mol. The maximum absolute atomic E-state index is 6.32. The number of allylic oxidation sites excluding steroid dienone is 2. The summed E-state index contributed by atoms with van der Waals surface area (Å²) in [5.41, 5.74) is 6.32. The molecule has 0 amide bonds. The summed E-state index contributed by atoms with van der Waals surface area (Å²) in [6.45, 7) is 6.96. The average Bonchev–Trinajstić information content (AvgIpc) is 2.77. The molecule has 32 heavy (non-hydrogen) atoms. The maximum Gasteiger partial charge on any atom is 0.00388 e. The highest BCUT2D eigenvalue weighted by molar-refractivity contribution is 4.81. The zero-order chi connectivity index (χ0) is 23.5. The number of hydrogen-bond acceptors (Lipinski definition) is 1. The highest BCUT2D eigenvalue weighted by atomic mass is 14.6. The molecule has 192 valence electrons. The molecule has 2 N–H and O–H groups in total. The third-order valence-corrected chi connectivity index (χ3v) is 6.94. The third-order valence-electron chi connectivity index (χ3n) is 6.94. The molecule has 1 unspecified atom stereocenters. The Morgan fingerprint density at radius 1 is 0.469 bits per heavy atom. The fourth-order valence-electron chi connectivity index (χ4n) is 4.64. The van der Waals surface area contributed by atoms with Crippen LogP contribution in [0.1, 0.15) is 175 Å². The van der Waals surface area contributed by atoms with Gasteiger partial charge in [0.15, 0.2) is 0 Å². The molecule has 0 rings (SSSR count). The van der Waals surface area contributed by atoms with Gasteiger partial charge in [0, 0.05) is 6.04 Å². The molecule has 0 saturated carbocycles. The van der Waals surface area contributed by atoms with Crippen LogP contribution in [0, 0.1) is 5.92 Å². The van der Waals surface area contributed by atoms with E-state index in [4.69, 9.17) is 5.73 Å². The maximum atomic E-state index is 6.32. The SMILES string of the molecule is CCCCCCCCCCC/C=C/CCCCCCC(N)CCCCCCCCC(C)C. The highest BCUT2D eigenvalue weighted by Crippen LogP contribution is 2.15. The predicted molar refractivity (Wildman–Crippen MR) is 148 cm³/mol. The normalized spacial score (nSPS) is 12.9. The van der Waals surface area contributed by atoms with Crippen molar-refractivity contribution >= 4 is 0 Å². The molecule has 0 radical (unpaired) electrons. The number of unbranched alkanes of at least 4 members (excludes halogenated alkanes) is 18. The summed E-state index contributed by atoms with van der Waals surface area (Å²) >= 11 is 0. The van der Waals surface area contributed by atoms with Crippen LogP contribution < -0.4 is 5.73 Å². The first-order valence-corrected chi connectivity index (χ1v) is 15.1. The van der Waals surface area contributed by atoms with E-state index < -0.39 is 0 Å². The van der Waals surface area contributed by atoms with Crippen LogP contribution in [0.25, 0.3) is 0 Å². The first-order valence-electron chi connectivity index (χ1n) is 15.1. The Morgan fingerprint density at radius 3 is 1.22 bits per heavy atom. The molecule has 0 aromatic carbocycles. The first-order chi connectivity index (χ1) is 15.7. The van der Waals surface area contributed by atoms with Crippen molar-refractivity contribution in [3.05, 3.63) is 12.2 Å². The summed E-state index contributed by atoms with van der Waals surface area (Å²) in [6.07, 6.45) is 38.1. The second-order valence-electron chi connectivity index (χ2n) is 10.9. The Balaban J connectivity index is 3.21. The Morgan fingerprint density at radius 2 is 0.812 bits per heavy atom. The molecule has 0 aliphatic heterocycles. The molecule has 0 aliphatic carbocycles. The fraction of sp³-hybridized carbons (Fsp3) is 0.935. The van der Waals surface area contributed by atoms with Gasteiger partial charge in [0.2, 0.25) is 0 Å². The van der Waals surface area contributed by atoms with Crippen molar-refractivity contribution in [2.45, 2.75) is 181 Å². The largest absolute Gasteiger partial charge is 0.328 e. The lowest BCUT2D eigenvalue weighted by Crippen LogP contribution is -2.19. The van der Waals surface area contributed by atoms with Gasteiger partial charge in [-0.2, -0.15) is 0 Å². The van der Waals surface area contributed by atoms with Gasteiger partial charge in [-0.25, -0.2) is 0 Å². The van der Waals surface area contributed by atoms with Gasteiger partial charge in [0.1, 0.15) is 0 Å². The van der Waals surface area contributed by atoms with Gasteiger partial charge in [-0.3, -0.25) is 0 Å². The third kappa shape index (κ3) is 27.7. The van der Waals surface area contributed by atoms with Gasteiger partial charge in [-0.1, -0.05) is 148 Å². The Bertz CT molecular complexity index is 359. The minimum Gasteiger partial charge on any atom is -0.328 e. The summed E-state index contributed by atoms with van der Waals surface area (Å²) in [6, 6.07) is 0.451. The standard InChI is InChI=1S/C31H63N/c1-4-5-6-7-8-9-10-11-12-13-14-15-16-17-18-22-25-28-31(32)29-26-23-20-19-21-24-27-30(2)3/h14-15,30-31H,4-13,16-29,32H2,1-3H3/b15-14+. The van der Waals surface area contributed by atoms with Crippen molar-refractivity contribution in [1.82, 2.24) is 0 Å². The van der Waals surface area contributed by atoms with Crippen LogP contribution in [-0.2, 0) is 0 Å². The summed E-state index contributed by atoms with van der Waals surface area (Å²) in [4.78, 5) is 0. The van der Waals surface area contributed by atoms with E-state index in [9.17, 15) is 0 Å². The molecule has 0 aromatic rings. The van der Waals surface area contributed by atoms with E-state index in [0.717, 1.165) is 5.92 Å². The predicted octanol–water partition coefficient (Wildman–Crippen LogP) is 10.9. The Labute approximate surface area is 204 Å². The van der Waals surface area contributed by atoms with Crippen molar-refractivity contribution in [1.29, 1.82) is 0 Å². The van der Waals surface area contributed by atoms with Crippen molar-refractivity contribution in [3.8, 4) is 0 Å². The van der Waals surface area contributed by atoms with Crippen LogP contribution in [-0.4, -0.2) is 6.04 Å². The zero-order valence-corrected chi connectivity index (χ0v) is 22.9. The lowest BCUT2D eigenvalue weighted by atomic mass is 10.00. The van der Waals surface area contributed by atoms with E-state index in [-0.39, 0.29) is 0 Å².